The van der Waals surface area contributed by atoms with Crippen LogP contribution in [0.2, 0.25) is 0 Å². The number of carbonyl (C=O) groups excluding carboxylic acids is 2. The van der Waals surface area contributed by atoms with Crippen LogP contribution in [0.5, 0.6) is 0 Å². The van der Waals surface area contributed by atoms with E-state index in [9.17, 15) is 9.59 Å². The second-order valence-electron chi connectivity index (χ2n) is 7.90. The second kappa shape index (κ2) is 12.0. The van der Waals surface area contributed by atoms with Gasteiger partial charge in [-0.25, -0.2) is 9.59 Å². The highest BCUT2D eigenvalue weighted by Crippen LogP contribution is 2.13. The summed E-state index contributed by atoms with van der Waals surface area (Å²) in [4.78, 5) is 41.7. The Balaban J connectivity index is 3.77. The van der Waals surface area contributed by atoms with Gasteiger partial charge in [0, 0.05) is 0 Å². The van der Waals surface area contributed by atoms with Gasteiger partial charge in [0.2, 0.25) is 0 Å². The van der Waals surface area contributed by atoms with E-state index in [2.05, 4.69) is 9.78 Å². The summed E-state index contributed by atoms with van der Waals surface area (Å²) >= 11 is 0. The minimum Gasteiger partial charge on any atom is -0.432 e. The molecular formula is C18H34O8. The van der Waals surface area contributed by atoms with Crippen molar-refractivity contribution in [3.8, 4) is 0 Å². The minimum absolute atomic E-state index is 0.239. The predicted molar refractivity (Wildman–Crippen MR) is 94.2 cm³/mol. The van der Waals surface area contributed by atoms with Gasteiger partial charge in [0.05, 0.1) is 6.61 Å². The Bertz CT molecular complexity index is 408. The van der Waals surface area contributed by atoms with Crippen molar-refractivity contribution < 1.29 is 38.6 Å². The Morgan fingerprint density at radius 3 is 1.85 bits per heavy atom. The van der Waals surface area contributed by atoms with E-state index in [1.165, 1.54) is 0 Å². The normalized spacial score (nSPS) is 13.0. The highest BCUT2D eigenvalue weighted by atomic mass is 17.2. The van der Waals surface area contributed by atoms with Crippen molar-refractivity contribution in [2.75, 3.05) is 6.61 Å². The number of hydrogen-bond acceptors (Lipinski definition) is 8. The van der Waals surface area contributed by atoms with E-state index in [0.29, 0.717) is 19.3 Å². The van der Waals surface area contributed by atoms with E-state index in [1.54, 1.807) is 41.5 Å². The quantitative estimate of drug-likeness (QED) is 0.225. The Labute approximate surface area is 156 Å². The molecule has 1 unspecified atom stereocenters. The SMILES string of the molecule is CCC(CCCCCOC(=O)OOC(C)(C)C)OC(=O)OOC(C)(C)C. The van der Waals surface area contributed by atoms with Gasteiger partial charge in [0.1, 0.15) is 17.3 Å². The van der Waals surface area contributed by atoms with E-state index in [4.69, 9.17) is 19.2 Å². The summed E-state index contributed by atoms with van der Waals surface area (Å²) in [6, 6.07) is 0. The average Bonchev–Trinajstić information content (AvgIpc) is 2.51. The molecule has 0 N–H and O–H groups in total. The summed E-state index contributed by atoms with van der Waals surface area (Å²) in [6.45, 7) is 12.8. The predicted octanol–water partition coefficient (Wildman–Crippen LogP) is 5.09. The molecule has 1 atom stereocenters. The average molecular weight is 378 g/mol. The number of hydrogen-bond donors (Lipinski definition) is 0. The van der Waals surface area contributed by atoms with Crippen molar-refractivity contribution in [2.24, 2.45) is 0 Å². The van der Waals surface area contributed by atoms with Crippen LogP contribution in [0.25, 0.3) is 0 Å². The third-order valence-corrected chi connectivity index (χ3v) is 2.83. The van der Waals surface area contributed by atoms with Crippen molar-refractivity contribution in [1.82, 2.24) is 0 Å². The van der Waals surface area contributed by atoms with Crippen molar-refractivity contribution in [1.29, 1.82) is 0 Å². The molecule has 0 fully saturated rings. The largest absolute Gasteiger partial charge is 0.540 e. The number of unbranched alkanes of at least 4 members (excludes halogenated alkanes) is 2. The van der Waals surface area contributed by atoms with E-state index in [1.807, 2.05) is 6.92 Å². The van der Waals surface area contributed by atoms with Gasteiger partial charge in [-0.15, -0.1) is 0 Å². The molecule has 0 aromatic heterocycles. The third-order valence-electron chi connectivity index (χ3n) is 2.83. The topological polar surface area (TPSA) is 89.5 Å². The van der Waals surface area contributed by atoms with Gasteiger partial charge in [-0.1, -0.05) is 6.92 Å². The molecule has 0 heterocycles. The molecule has 0 rings (SSSR count). The second-order valence-corrected chi connectivity index (χ2v) is 7.90. The summed E-state index contributed by atoms with van der Waals surface area (Å²) in [6.07, 6.45) is 1.77. The third kappa shape index (κ3) is 16.0. The maximum absolute atomic E-state index is 11.5. The molecule has 0 aromatic carbocycles. The molecule has 0 aromatic rings. The van der Waals surface area contributed by atoms with Crippen LogP contribution in [0.4, 0.5) is 9.59 Å². The smallest absolute Gasteiger partial charge is 0.432 e. The molecule has 154 valence electrons. The monoisotopic (exact) mass is 378 g/mol. The lowest BCUT2D eigenvalue weighted by atomic mass is 10.1. The van der Waals surface area contributed by atoms with Crippen molar-refractivity contribution in [3.63, 3.8) is 0 Å². The van der Waals surface area contributed by atoms with Crippen molar-refractivity contribution >= 4 is 12.3 Å². The Morgan fingerprint density at radius 1 is 0.808 bits per heavy atom. The van der Waals surface area contributed by atoms with Gasteiger partial charge in [-0.05, 0) is 73.6 Å². The summed E-state index contributed by atoms with van der Waals surface area (Å²) in [7, 11) is 0. The van der Waals surface area contributed by atoms with Gasteiger partial charge in [-0.2, -0.15) is 9.78 Å². The highest BCUT2D eigenvalue weighted by molar-refractivity contribution is 5.59. The van der Waals surface area contributed by atoms with Gasteiger partial charge >= 0.3 is 12.3 Å². The van der Waals surface area contributed by atoms with Crippen molar-refractivity contribution in [3.05, 3.63) is 0 Å². The molecule has 8 heteroatoms. The molecular weight excluding hydrogens is 344 g/mol. The lowest BCUT2D eigenvalue weighted by molar-refractivity contribution is -0.314. The maximum atomic E-state index is 11.5. The summed E-state index contributed by atoms with van der Waals surface area (Å²) in [5, 5.41) is 0. The number of carbonyl (C=O) groups is 2. The molecule has 0 aliphatic carbocycles. The molecule has 0 saturated carbocycles. The zero-order valence-electron chi connectivity index (χ0n) is 17.1. The van der Waals surface area contributed by atoms with Crippen LogP contribution in [0.1, 0.15) is 80.6 Å². The summed E-state index contributed by atoms with van der Waals surface area (Å²) in [5.74, 6) is 0. The Kier molecular flexibility index (Phi) is 11.2. The lowest BCUT2D eigenvalue weighted by Crippen LogP contribution is -2.25. The zero-order valence-corrected chi connectivity index (χ0v) is 17.1. The van der Waals surface area contributed by atoms with Gasteiger partial charge in [0.25, 0.3) is 0 Å². The fourth-order valence-electron chi connectivity index (χ4n) is 1.65. The van der Waals surface area contributed by atoms with Crippen LogP contribution in [0.15, 0.2) is 0 Å². The first-order valence-corrected chi connectivity index (χ1v) is 9.01. The van der Waals surface area contributed by atoms with Crippen LogP contribution < -0.4 is 0 Å². The standard InChI is InChI=1S/C18H34O8/c1-8-14(22-16(20)24-26-18(5,6)7)12-10-9-11-13-21-15(19)23-25-17(2,3)4/h14H,8-13H2,1-7H3. The van der Waals surface area contributed by atoms with Crippen LogP contribution in [0.3, 0.4) is 0 Å². The molecule has 0 aliphatic rings. The number of rotatable bonds is 10. The first kappa shape index (κ1) is 24.5. The molecule has 0 aliphatic heterocycles. The number of ether oxygens (including phenoxy) is 2. The molecule has 0 spiro atoms. The summed E-state index contributed by atoms with van der Waals surface area (Å²) in [5.41, 5.74) is -1.16. The van der Waals surface area contributed by atoms with Crippen LogP contribution in [0, 0.1) is 0 Å². The molecule has 0 amide bonds. The zero-order chi connectivity index (χ0) is 20.2. The Morgan fingerprint density at radius 2 is 1.35 bits per heavy atom. The fourth-order valence-corrected chi connectivity index (χ4v) is 1.65. The van der Waals surface area contributed by atoms with Crippen molar-refractivity contribution in [2.45, 2.75) is 97.9 Å². The lowest BCUT2D eigenvalue weighted by Gasteiger charge is -2.19. The van der Waals surface area contributed by atoms with E-state index in [-0.39, 0.29) is 12.7 Å². The van der Waals surface area contributed by atoms with E-state index in [0.717, 1.165) is 12.8 Å². The van der Waals surface area contributed by atoms with Gasteiger partial charge < -0.3 is 9.47 Å². The Hall–Kier alpha value is -1.54. The van der Waals surface area contributed by atoms with E-state index >= 15 is 0 Å². The van der Waals surface area contributed by atoms with Gasteiger partial charge in [-0.3, -0.25) is 9.78 Å². The van der Waals surface area contributed by atoms with Gasteiger partial charge in [0.15, 0.2) is 0 Å². The molecule has 26 heavy (non-hydrogen) atoms. The maximum Gasteiger partial charge on any atom is 0.540 e. The molecule has 8 nitrogen and oxygen atoms in total. The minimum atomic E-state index is -0.851. The highest BCUT2D eigenvalue weighted by Gasteiger charge is 2.19. The van der Waals surface area contributed by atoms with Crippen LogP contribution >= 0.6 is 0 Å². The first-order valence-electron chi connectivity index (χ1n) is 9.01. The fraction of sp³-hybridized carbons (Fsp3) is 0.889. The van der Waals surface area contributed by atoms with E-state index < -0.39 is 23.5 Å². The molecule has 0 bridgehead atoms. The van der Waals surface area contributed by atoms with Crippen LogP contribution in [-0.2, 0) is 29.0 Å². The molecule has 0 radical (unpaired) electrons. The first-order chi connectivity index (χ1) is 11.9. The van der Waals surface area contributed by atoms with Crippen LogP contribution in [-0.4, -0.2) is 36.2 Å². The summed E-state index contributed by atoms with van der Waals surface area (Å²) < 4.78 is 10.1. The molecule has 0 saturated heterocycles.